The predicted octanol–water partition coefficient (Wildman–Crippen LogP) is 1.08. The Labute approximate surface area is 105 Å². The standard InChI is InChI=1S/C12H17F2N3O/c1-17(2)10-5-3-4-9(6-10)11(18)16-8-12(13,14)7-15/h3-6H,7-8,15H2,1-2H3,(H,16,18). The van der Waals surface area contributed by atoms with Gasteiger partial charge in [0.25, 0.3) is 11.8 Å². The number of nitrogens with one attached hydrogen (secondary N) is 1. The number of rotatable bonds is 5. The molecule has 1 rings (SSSR count). The fourth-order valence-corrected chi connectivity index (χ4v) is 1.31. The van der Waals surface area contributed by atoms with Gasteiger partial charge in [-0.25, -0.2) is 8.78 Å². The van der Waals surface area contributed by atoms with E-state index in [1.54, 1.807) is 18.2 Å². The lowest BCUT2D eigenvalue weighted by molar-refractivity contribution is 0.0118. The third-order valence-corrected chi connectivity index (χ3v) is 2.43. The number of amides is 1. The molecule has 0 aliphatic rings. The molecule has 0 aliphatic carbocycles. The number of carbonyl (C=O) groups excluding carboxylic acids is 1. The Kier molecular flexibility index (Phi) is 4.61. The van der Waals surface area contributed by atoms with E-state index in [1.165, 1.54) is 0 Å². The largest absolute Gasteiger partial charge is 0.378 e. The van der Waals surface area contributed by atoms with Crippen LogP contribution in [0.25, 0.3) is 0 Å². The van der Waals surface area contributed by atoms with Crippen molar-refractivity contribution < 1.29 is 13.6 Å². The minimum atomic E-state index is -3.07. The molecule has 1 aromatic carbocycles. The van der Waals surface area contributed by atoms with Gasteiger partial charge in [-0.05, 0) is 18.2 Å². The SMILES string of the molecule is CN(C)c1cccc(C(=O)NCC(F)(F)CN)c1. The molecule has 0 heterocycles. The second-order valence-corrected chi connectivity index (χ2v) is 4.19. The highest BCUT2D eigenvalue weighted by molar-refractivity contribution is 5.95. The van der Waals surface area contributed by atoms with Gasteiger partial charge in [-0.15, -0.1) is 0 Å². The summed E-state index contributed by atoms with van der Waals surface area (Å²) < 4.78 is 25.8. The molecule has 0 spiro atoms. The van der Waals surface area contributed by atoms with E-state index >= 15 is 0 Å². The first kappa shape index (κ1) is 14.4. The number of carbonyl (C=O) groups is 1. The number of alkyl halides is 2. The smallest absolute Gasteiger partial charge is 0.277 e. The molecule has 100 valence electrons. The van der Waals surface area contributed by atoms with Crippen molar-refractivity contribution in [2.45, 2.75) is 5.92 Å². The van der Waals surface area contributed by atoms with Crippen LogP contribution in [-0.2, 0) is 0 Å². The van der Waals surface area contributed by atoms with E-state index in [0.29, 0.717) is 5.56 Å². The molecule has 1 amide bonds. The van der Waals surface area contributed by atoms with Crippen molar-refractivity contribution in [3.05, 3.63) is 29.8 Å². The molecule has 0 saturated carbocycles. The van der Waals surface area contributed by atoms with Crippen LogP contribution in [0.2, 0.25) is 0 Å². The second-order valence-electron chi connectivity index (χ2n) is 4.19. The van der Waals surface area contributed by atoms with Crippen molar-refractivity contribution in [3.8, 4) is 0 Å². The van der Waals surface area contributed by atoms with Crippen molar-refractivity contribution in [1.82, 2.24) is 5.32 Å². The maximum Gasteiger partial charge on any atom is 0.277 e. The molecule has 0 saturated heterocycles. The number of nitrogens with two attached hydrogens (primary N) is 1. The third kappa shape index (κ3) is 3.96. The van der Waals surface area contributed by atoms with Crippen molar-refractivity contribution >= 4 is 11.6 Å². The number of nitrogens with zero attached hydrogens (tertiary/aromatic N) is 1. The first-order valence-corrected chi connectivity index (χ1v) is 5.49. The lowest BCUT2D eigenvalue weighted by Gasteiger charge is -2.16. The molecule has 18 heavy (non-hydrogen) atoms. The van der Waals surface area contributed by atoms with E-state index in [1.807, 2.05) is 25.1 Å². The summed E-state index contributed by atoms with van der Waals surface area (Å²) in [5.74, 6) is -3.61. The van der Waals surface area contributed by atoms with Crippen LogP contribution >= 0.6 is 0 Å². The molecular formula is C12H17F2N3O. The number of hydrogen-bond acceptors (Lipinski definition) is 3. The van der Waals surface area contributed by atoms with Crippen LogP contribution in [0.5, 0.6) is 0 Å². The summed E-state index contributed by atoms with van der Waals surface area (Å²) >= 11 is 0. The normalized spacial score (nSPS) is 11.2. The highest BCUT2D eigenvalue weighted by atomic mass is 19.3. The van der Waals surface area contributed by atoms with Crippen LogP contribution in [-0.4, -0.2) is 39.0 Å². The fourth-order valence-electron chi connectivity index (χ4n) is 1.31. The van der Waals surface area contributed by atoms with Gasteiger partial charge in [-0.1, -0.05) is 6.07 Å². The lowest BCUT2D eigenvalue weighted by Crippen LogP contribution is -2.41. The lowest BCUT2D eigenvalue weighted by atomic mass is 10.1. The van der Waals surface area contributed by atoms with E-state index in [9.17, 15) is 13.6 Å². The second kappa shape index (κ2) is 5.77. The Morgan fingerprint density at radius 1 is 1.44 bits per heavy atom. The number of anilines is 1. The van der Waals surface area contributed by atoms with Gasteiger partial charge in [0.2, 0.25) is 0 Å². The molecule has 0 aromatic heterocycles. The molecule has 0 atom stereocenters. The summed E-state index contributed by atoms with van der Waals surface area (Å²) in [6.45, 7) is -1.54. The highest BCUT2D eigenvalue weighted by Crippen LogP contribution is 2.14. The molecule has 1 aromatic rings. The van der Waals surface area contributed by atoms with Crippen LogP contribution in [0.3, 0.4) is 0 Å². The van der Waals surface area contributed by atoms with Crippen LogP contribution in [0.1, 0.15) is 10.4 Å². The quantitative estimate of drug-likeness (QED) is 0.829. The Hall–Kier alpha value is -1.69. The first-order chi connectivity index (χ1) is 8.35. The maximum atomic E-state index is 12.9. The summed E-state index contributed by atoms with van der Waals surface area (Å²) in [4.78, 5) is 13.5. The highest BCUT2D eigenvalue weighted by Gasteiger charge is 2.27. The van der Waals surface area contributed by atoms with Crippen LogP contribution in [0, 0.1) is 0 Å². The van der Waals surface area contributed by atoms with E-state index in [-0.39, 0.29) is 0 Å². The Balaban J connectivity index is 2.70. The van der Waals surface area contributed by atoms with E-state index in [0.717, 1.165) is 5.69 Å². The molecular weight excluding hydrogens is 240 g/mol. The number of hydrogen-bond donors (Lipinski definition) is 2. The van der Waals surface area contributed by atoms with E-state index in [2.05, 4.69) is 5.32 Å². The van der Waals surface area contributed by atoms with Gasteiger partial charge < -0.3 is 16.0 Å². The number of halogens is 2. The number of benzene rings is 1. The monoisotopic (exact) mass is 257 g/mol. The maximum absolute atomic E-state index is 12.9. The van der Waals surface area contributed by atoms with Gasteiger partial charge in [0.15, 0.2) is 0 Å². The molecule has 3 N–H and O–H groups in total. The topological polar surface area (TPSA) is 58.4 Å². The van der Waals surface area contributed by atoms with Gasteiger partial charge in [0.05, 0.1) is 13.1 Å². The minimum Gasteiger partial charge on any atom is -0.378 e. The molecule has 6 heteroatoms. The summed E-state index contributed by atoms with van der Waals surface area (Å²) in [7, 11) is 3.67. The van der Waals surface area contributed by atoms with E-state index < -0.39 is 24.9 Å². The van der Waals surface area contributed by atoms with Crippen molar-refractivity contribution in [1.29, 1.82) is 0 Å². The average Bonchev–Trinajstić information content (AvgIpc) is 2.36. The van der Waals surface area contributed by atoms with Gasteiger partial charge in [-0.3, -0.25) is 4.79 Å². The van der Waals surface area contributed by atoms with Gasteiger partial charge in [-0.2, -0.15) is 0 Å². The Bertz CT molecular complexity index is 422. The summed E-state index contributed by atoms with van der Waals surface area (Å²) in [6, 6.07) is 6.73. The third-order valence-electron chi connectivity index (χ3n) is 2.43. The van der Waals surface area contributed by atoms with Crippen molar-refractivity contribution in [2.24, 2.45) is 5.73 Å². The zero-order chi connectivity index (χ0) is 13.8. The minimum absolute atomic E-state index is 0.342. The van der Waals surface area contributed by atoms with Crippen LogP contribution in [0.15, 0.2) is 24.3 Å². The summed E-state index contributed by atoms with van der Waals surface area (Å²) in [5.41, 5.74) is 6.06. The first-order valence-electron chi connectivity index (χ1n) is 5.49. The summed E-state index contributed by atoms with van der Waals surface area (Å²) in [5, 5.41) is 2.17. The van der Waals surface area contributed by atoms with Crippen molar-refractivity contribution in [3.63, 3.8) is 0 Å². The zero-order valence-electron chi connectivity index (χ0n) is 10.4. The predicted molar refractivity (Wildman–Crippen MR) is 67.1 cm³/mol. The molecule has 0 aliphatic heterocycles. The average molecular weight is 257 g/mol. The van der Waals surface area contributed by atoms with E-state index in [4.69, 9.17) is 5.73 Å². The van der Waals surface area contributed by atoms with Crippen LogP contribution < -0.4 is 16.0 Å². The molecule has 0 bridgehead atoms. The Morgan fingerprint density at radius 3 is 2.67 bits per heavy atom. The van der Waals surface area contributed by atoms with Crippen molar-refractivity contribution in [2.75, 3.05) is 32.1 Å². The molecule has 0 unspecified atom stereocenters. The van der Waals surface area contributed by atoms with Gasteiger partial charge in [0.1, 0.15) is 0 Å². The van der Waals surface area contributed by atoms with Gasteiger partial charge in [0, 0.05) is 25.3 Å². The van der Waals surface area contributed by atoms with Crippen LogP contribution in [0.4, 0.5) is 14.5 Å². The molecule has 0 fully saturated rings. The molecule has 4 nitrogen and oxygen atoms in total. The Morgan fingerprint density at radius 2 is 2.11 bits per heavy atom. The molecule has 0 radical (unpaired) electrons. The zero-order valence-corrected chi connectivity index (χ0v) is 10.4. The fraction of sp³-hybridized carbons (Fsp3) is 0.417. The summed E-state index contributed by atoms with van der Waals surface area (Å²) in [6.07, 6.45) is 0. The van der Waals surface area contributed by atoms with Gasteiger partial charge >= 0.3 is 0 Å².